The number of fused-ring (bicyclic) bond motifs is 2. The molecule has 0 bridgehead atoms. The van der Waals surface area contributed by atoms with Crippen molar-refractivity contribution in [3.63, 3.8) is 0 Å². The minimum absolute atomic E-state index is 0.0345. The van der Waals surface area contributed by atoms with Gasteiger partial charge in [0.05, 0.1) is 5.92 Å². The van der Waals surface area contributed by atoms with E-state index >= 15 is 0 Å². The van der Waals surface area contributed by atoms with Crippen molar-refractivity contribution in [1.82, 2.24) is 10.6 Å². The maximum Gasteiger partial charge on any atom is 0.227 e. The Kier molecular flexibility index (Phi) is 5.05. The monoisotopic (exact) mass is 314 g/mol. The van der Waals surface area contributed by atoms with E-state index in [-0.39, 0.29) is 11.8 Å². The van der Waals surface area contributed by atoms with Crippen LogP contribution in [-0.4, -0.2) is 25.0 Å². The van der Waals surface area contributed by atoms with Crippen LogP contribution in [0, 0.1) is 0 Å². The normalized spacial score (nSPS) is 22.8. The SMILES string of the molecule is CCC(CC)NC(=O)C1CCC2(CCNCC2)c2ccccc21. The van der Waals surface area contributed by atoms with Gasteiger partial charge in [-0.3, -0.25) is 4.79 Å². The van der Waals surface area contributed by atoms with Crippen LogP contribution in [0.4, 0.5) is 0 Å². The van der Waals surface area contributed by atoms with E-state index in [2.05, 4.69) is 48.7 Å². The first-order chi connectivity index (χ1) is 11.2. The van der Waals surface area contributed by atoms with Gasteiger partial charge >= 0.3 is 0 Å². The second kappa shape index (κ2) is 7.04. The summed E-state index contributed by atoms with van der Waals surface area (Å²) in [5, 5.41) is 6.75. The molecular weight excluding hydrogens is 284 g/mol. The van der Waals surface area contributed by atoms with Gasteiger partial charge in [-0.2, -0.15) is 0 Å². The van der Waals surface area contributed by atoms with E-state index in [0.29, 0.717) is 11.5 Å². The van der Waals surface area contributed by atoms with Crippen molar-refractivity contribution in [2.45, 2.75) is 69.7 Å². The second-order valence-corrected chi connectivity index (χ2v) is 7.23. The van der Waals surface area contributed by atoms with Crippen molar-refractivity contribution in [3.8, 4) is 0 Å². The number of nitrogens with one attached hydrogen (secondary N) is 2. The van der Waals surface area contributed by atoms with Gasteiger partial charge in [-0.05, 0) is 68.2 Å². The molecule has 1 amide bonds. The Labute approximate surface area is 140 Å². The third kappa shape index (κ3) is 3.16. The van der Waals surface area contributed by atoms with Crippen LogP contribution in [0.5, 0.6) is 0 Å². The highest BCUT2D eigenvalue weighted by Crippen LogP contribution is 2.47. The Bertz CT molecular complexity index is 544. The van der Waals surface area contributed by atoms with Gasteiger partial charge in [0.1, 0.15) is 0 Å². The molecule has 0 saturated carbocycles. The van der Waals surface area contributed by atoms with Crippen LogP contribution in [-0.2, 0) is 10.2 Å². The molecule has 0 aromatic heterocycles. The van der Waals surface area contributed by atoms with Crippen LogP contribution in [0.15, 0.2) is 24.3 Å². The number of piperidine rings is 1. The third-order valence-corrected chi connectivity index (χ3v) is 6.03. The number of rotatable bonds is 4. The summed E-state index contributed by atoms with van der Waals surface area (Å²) in [6.07, 6.45) is 6.55. The van der Waals surface area contributed by atoms with Gasteiger partial charge in [-0.1, -0.05) is 38.1 Å². The lowest BCUT2D eigenvalue weighted by molar-refractivity contribution is -0.123. The van der Waals surface area contributed by atoms with Gasteiger partial charge < -0.3 is 10.6 Å². The number of carbonyl (C=O) groups excluding carboxylic acids is 1. The molecule has 1 spiro atoms. The van der Waals surface area contributed by atoms with Crippen LogP contribution in [0.2, 0.25) is 0 Å². The van der Waals surface area contributed by atoms with Gasteiger partial charge in [0.25, 0.3) is 0 Å². The number of carbonyl (C=O) groups is 1. The highest BCUT2D eigenvalue weighted by Gasteiger charge is 2.42. The summed E-state index contributed by atoms with van der Waals surface area (Å²) in [4.78, 5) is 12.8. The summed E-state index contributed by atoms with van der Waals surface area (Å²) in [6.45, 7) is 6.48. The van der Waals surface area contributed by atoms with Crippen LogP contribution in [0.1, 0.15) is 69.4 Å². The van der Waals surface area contributed by atoms with Crippen molar-refractivity contribution in [3.05, 3.63) is 35.4 Å². The van der Waals surface area contributed by atoms with E-state index in [1.807, 2.05) is 0 Å². The van der Waals surface area contributed by atoms with Crippen molar-refractivity contribution in [2.24, 2.45) is 0 Å². The fraction of sp³-hybridized carbons (Fsp3) is 0.650. The zero-order chi connectivity index (χ0) is 16.3. The first kappa shape index (κ1) is 16.5. The lowest BCUT2D eigenvalue weighted by Gasteiger charge is -2.44. The summed E-state index contributed by atoms with van der Waals surface area (Å²) >= 11 is 0. The maximum absolute atomic E-state index is 12.8. The third-order valence-electron chi connectivity index (χ3n) is 6.03. The van der Waals surface area contributed by atoms with Crippen molar-refractivity contribution in [1.29, 1.82) is 0 Å². The fourth-order valence-electron chi connectivity index (χ4n) is 4.49. The Morgan fingerprint density at radius 1 is 1.22 bits per heavy atom. The number of benzene rings is 1. The molecule has 2 N–H and O–H groups in total. The molecule has 0 radical (unpaired) electrons. The Morgan fingerprint density at radius 3 is 2.61 bits per heavy atom. The Balaban J connectivity index is 1.86. The number of hydrogen-bond acceptors (Lipinski definition) is 2. The van der Waals surface area contributed by atoms with E-state index in [9.17, 15) is 4.79 Å². The standard InChI is InChI=1S/C20H30N2O/c1-3-15(4-2)22-19(23)17-9-10-20(11-13-21-14-12-20)18-8-6-5-7-16(17)18/h5-8,15,17,21H,3-4,9-14H2,1-2H3,(H,22,23). The van der Waals surface area contributed by atoms with Crippen molar-refractivity contribution < 1.29 is 4.79 Å². The minimum atomic E-state index is 0.0345. The van der Waals surface area contributed by atoms with Gasteiger partial charge in [0.15, 0.2) is 0 Å². The first-order valence-electron chi connectivity index (χ1n) is 9.30. The number of hydrogen-bond donors (Lipinski definition) is 2. The number of amides is 1. The lowest BCUT2D eigenvalue weighted by atomic mass is 9.62. The van der Waals surface area contributed by atoms with Crippen LogP contribution in [0.25, 0.3) is 0 Å². The van der Waals surface area contributed by atoms with E-state index in [4.69, 9.17) is 0 Å². The summed E-state index contributed by atoms with van der Waals surface area (Å²) in [6, 6.07) is 9.01. The zero-order valence-corrected chi connectivity index (χ0v) is 14.5. The maximum atomic E-state index is 12.8. The van der Waals surface area contributed by atoms with E-state index in [1.165, 1.54) is 24.0 Å². The summed E-state index contributed by atoms with van der Waals surface area (Å²) < 4.78 is 0. The molecule has 126 valence electrons. The summed E-state index contributed by atoms with van der Waals surface area (Å²) in [7, 11) is 0. The highest BCUT2D eigenvalue weighted by molar-refractivity contribution is 5.84. The molecule has 1 aromatic carbocycles. The predicted molar refractivity (Wildman–Crippen MR) is 94.7 cm³/mol. The molecule has 1 fully saturated rings. The molecule has 1 saturated heterocycles. The molecule has 1 aromatic rings. The minimum Gasteiger partial charge on any atom is -0.353 e. The van der Waals surface area contributed by atoms with Gasteiger partial charge in [0, 0.05) is 6.04 Å². The lowest BCUT2D eigenvalue weighted by Crippen LogP contribution is -2.45. The molecule has 3 heteroatoms. The summed E-state index contributed by atoms with van der Waals surface area (Å²) in [5.41, 5.74) is 3.02. The average Bonchev–Trinajstić information content (AvgIpc) is 2.61. The summed E-state index contributed by atoms with van der Waals surface area (Å²) in [5.74, 6) is 0.266. The van der Waals surface area contributed by atoms with E-state index < -0.39 is 0 Å². The predicted octanol–water partition coefficient (Wildman–Crippen LogP) is 3.49. The molecular formula is C20H30N2O. The van der Waals surface area contributed by atoms with E-state index in [0.717, 1.165) is 38.8 Å². The molecule has 3 rings (SSSR count). The molecule has 1 heterocycles. The zero-order valence-electron chi connectivity index (χ0n) is 14.5. The topological polar surface area (TPSA) is 41.1 Å². The quantitative estimate of drug-likeness (QED) is 0.893. The smallest absolute Gasteiger partial charge is 0.227 e. The van der Waals surface area contributed by atoms with E-state index in [1.54, 1.807) is 0 Å². The second-order valence-electron chi connectivity index (χ2n) is 7.23. The molecule has 1 atom stereocenters. The first-order valence-corrected chi connectivity index (χ1v) is 9.30. The van der Waals surface area contributed by atoms with Crippen molar-refractivity contribution in [2.75, 3.05) is 13.1 Å². The highest BCUT2D eigenvalue weighted by atomic mass is 16.1. The molecule has 1 aliphatic heterocycles. The van der Waals surface area contributed by atoms with Crippen molar-refractivity contribution >= 4 is 5.91 Å². The van der Waals surface area contributed by atoms with Gasteiger partial charge in [-0.25, -0.2) is 0 Å². The van der Waals surface area contributed by atoms with Crippen LogP contribution in [0.3, 0.4) is 0 Å². The van der Waals surface area contributed by atoms with Crippen LogP contribution >= 0.6 is 0 Å². The van der Waals surface area contributed by atoms with Gasteiger partial charge in [0.2, 0.25) is 5.91 Å². The molecule has 1 aliphatic carbocycles. The largest absolute Gasteiger partial charge is 0.353 e. The van der Waals surface area contributed by atoms with Gasteiger partial charge in [-0.15, -0.1) is 0 Å². The molecule has 23 heavy (non-hydrogen) atoms. The fourth-order valence-corrected chi connectivity index (χ4v) is 4.49. The molecule has 2 aliphatic rings. The van der Waals surface area contributed by atoms with Crippen LogP contribution < -0.4 is 10.6 Å². The Morgan fingerprint density at radius 2 is 1.91 bits per heavy atom. The molecule has 1 unspecified atom stereocenters. The average molecular weight is 314 g/mol. The Hall–Kier alpha value is -1.35. The molecule has 3 nitrogen and oxygen atoms in total.